The van der Waals surface area contributed by atoms with Crippen molar-refractivity contribution in [3.63, 3.8) is 0 Å². The predicted molar refractivity (Wildman–Crippen MR) is 54.1 cm³/mol. The normalized spacial score (nSPS) is 8.93. The molecule has 0 aliphatic heterocycles. The van der Waals surface area contributed by atoms with Gasteiger partial charge in [-0.1, -0.05) is 5.92 Å². The number of carbonyl (C=O) groups is 1. The molecule has 0 spiro atoms. The largest absolute Gasteiger partial charge is 0.476 e. The standard InChI is InChI=1S/C8H7N3O2S/c9-7-6(8(12)13)11-5(4-10-7)2-1-3-14/h4,14H,3H2,(H2,9,10)(H,12,13). The van der Waals surface area contributed by atoms with Crippen molar-refractivity contribution in [2.45, 2.75) is 0 Å². The first-order valence-corrected chi connectivity index (χ1v) is 4.24. The van der Waals surface area contributed by atoms with Crippen LogP contribution in [0.1, 0.15) is 16.2 Å². The number of rotatable bonds is 1. The van der Waals surface area contributed by atoms with E-state index in [1.54, 1.807) is 0 Å². The minimum absolute atomic E-state index is 0.117. The van der Waals surface area contributed by atoms with Crippen LogP contribution in [0.3, 0.4) is 0 Å². The van der Waals surface area contributed by atoms with Gasteiger partial charge in [0.2, 0.25) is 0 Å². The summed E-state index contributed by atoms with van der Waals surface area (Å²) in [5.74, 6) is 4.26. The highest BCUT2D eigenvalue weighted by atomic mass is 32.1. The molecule has 0 aliphatic carbocycles. The molecule has 6 heteroatoms. The molecule has 0 saturated heterocycles. The minimum atomic E-state index is -1.22. The van der Waals surface area contributed by atoms with E-state index in [1.807, 2.05) is 0 Å². The van der Waals surface area contributed by atoms with Crippen molar-refractivity contribution in [1.29, 1.82) is 0 Å². The molecule has 0 saturated carbocycles. The fraction of sp³-hybridized carbons (Fsp3) is 0.125. The Labute approximate surface area is 85.8 Å². The molecule has 1 rings (SSSR count). The SMILES string of the molecule is Nc1ncc(C#CCS)nc1C(=O)O. The lowest BCUT2D eigenvalue weighted by molar-refractivity contribution is 0.0691. The van der Waals surface area contributed by atoms with Crippen molar-refractivity contribution in [2.24, 2.45) is 0 Å². The zero-order valence-corrected chi connectivity index (χ0v) is 7.95. The van der Waals surface area contributed by atoms with Crippen LogP contribution in [0.15, 0.2) is 6.20 Å². The van der Waals surface area contributed by atoms with E-state index in [9.17, 15) is 4.79 Å². The van der Waals surface area contributed by atoms with Gasteiger partial charge in [0.05, 0.1) is 11.9 Å². The molecule has 3 N–H and O–H groups in total. The number of aromatic carboxylic acids is 1. The van der Waals surface area contributed by atoms with E-state index in [-0.39, 0.29) is 17.2 Å². The smallest absolute Gasteiger partial charge is 0.358 e. The highest BCUT2D eigenvalue weighted by molar-refractivity contribution is 7.80. The number of nitrogens with zero attached hydrogens (tertiary/aromatic N) is 2. The summed E-state index contributed by atoms with van der Waals surface area (Å²) in [6.07, 6.45) is 1.32. The van der Waals surface area contributed by atoms with Gasteiger partial charge in [-0.05, 0) is 5.92 Å². The summed E-state index contributed by atoms with van der Waals surface area (Å²) in [6.45, 7) is 0. The van der Waals surface area contributed by atoms with Crippen LogP contribution in [0.5, 0.6) is 0 Å². The van der Waals surface area contributed by atoms with Crippen LogP contribution in [-0.2, 0) is 0 Å². The van der Waals surface area contributed by atoms with Crippen LogP contribution in [0.25, 0.3) is 0 Å². The molecule has 0 fully saturated rings. The molecule has 14 heavy (non-hydrogen) atoms. The minimum Gasteiger partial charge on any atom is -0.476 e. The second-order valence-corrected chi connectivity index (χ2v) is 2.57. The topological polar surface area (TPSA) is 89.1 Å². The van der Waals surface area contributed by atoms with Crippen molar-refractivity contribution in [2.75, 3.05) is 11.5 Å². The number of thiol groups is 1. The van der Waals surface area contributed by atoms with Gasteiger partial charge in [0, 0.05) is 0 Å². The lowest BCUT2D eigenvalue weighted by atomic mass is 10.3. The van der Waals surface area contributed by atoms with Gasteiger partial charge in [-0.2, -0.15) is 12.6 Å². The molecule has 72 valence electrons. The van der Waals surface area contributed by atoms with Gasteiger partial charge in [-0.3, -0.25) is 0 Å². The third-order valence-corrected chi connectivity index (χ3v) is 1.46. The molecule has 0 bridgehead atoms. The Kier molecular flexibility index (Phi) is 3.31. The van der Waals surface area contributed by atoms with Crippen LogP contribution < -0.4 is 5.73 Å². The first-order valence-electron chi connectivity index (χ1n) is 3.60. The molecular weight excluding hydrogens is 202 g/mol. The molecule has 1 aromatic rings. The first-order chi connectivity index (χ1) is 6.65. The van der Waals surface area contributed by atoms with Crippen molar-refractivity contribution in [1.82, 2.24) is 9.97 Å². The quantitative estimate of drug-likeness (QED) is 0.449. The van der Waals surface area contributed by atoms with Crippen LogP contribution in [0, 0.1) is 11.8 Å². The van der Waals surface area contributed by atoms with E-state index in [0.29, 0.717) is 5.75 Å². The molecule has 1 heterocycles. The van der Waals surface area contributed by atoms with Gasteiger partial charge in [0.25, 0.3) is 0 Å². The molecule has 5 nitrogen and oxygen atoms in total. The first kappa shape index (κ1) is 10.3. The van der Waals surface area contributed by atoms with Crippen LogP contribution in [0.2, 0.25) is 0 Å². The molecule has 1 aromatic heterocycles. The van der Waals surface area contributed by atoms with Gasteiger partial charge in [0.1, 0.15) is 5.69 Å². The molecule has 0 aromatic carbocycles. The Hall–Kier alpha value is -1.74. The second-order valence-electron chi connectivity index (χ2n) is 2.25. The van der Waals surface area contributed by atoms with E-state index >= 15 is 0 Å². The highest BCUT2D eigenvalue weighted by Gasteiger charge is 2.10. The third kappa shape index (κ3) is 2.37. The molecular formula is C8H7N3O2S. The number of carboxylic acids is 1. The Morgan fingerprint density at radius 3 is 3.00 bits per heavy atom. The lowest BCUT2D eigenvalue weighted by Gasteiger charge is -1.97. The average Bonchev–Trinajstić information content (AvgIpc) is 2.16. The summed E-state index contributed by atoms with van der Waals surface area (Å²) in [5, 5.41) is 8.67. The van der Waals surface area contributed by atoms with E-state index in [4.69, 9.17) is 10.8 Å². The monoisotopic (exact) mass is 209 g/mol. The number of hydrogen-bond acceptors (Lipinski definition) is 5. The van der Waals surface area contributed by atoms with Gasteiger partial charge >= 0.3 is 5.97 Å². The van der Waals surface area contributed by atoms with E-state index in [0.717, 1.165) is 0 Å². The zero-order chi connectivity index (χ0) is 10.6. The van der Waals surface area contributed by atoms with Gasteiger partial charge in [0.15, 0.2) is 11.5 Å². The van der Waals surface area contributed by atoms with Crippen molar-refractivity contribution < 1.29 is 9.90 Å². The maximum absolute atomic E-state index is 10.6. The Morgan fingerprint density at radius 2 is 2.43 bits per heavy atom. The maximum Gasteiger partial charge on any atom is 0.358 e. The van der Waals surface area contributed by atoms with Crippen molar-refractivity contribution >= 4 is 24.4 Å². The van der Waals surface area contributed by atoms with E-state index in [1.165, 1.54) is 6.20 Å². The Balaban J connectivity index is 3.13. The van der Waals surface area contributed by atoms with Crippen molar-refractivity contribution in [3.8, 4) is 11.8 Å². The third-order valence-electron chi connectivity index (χ3n) is 1.30. The summed E-state index contributed by atoms with van der Waals surface area (Å²) in [6, 6.07) is 0. The van der Waals surface area contributed by atoms with E-state index in [2.05, 4.69) is 34.4 Å². The zero-order valence-electron chi connectivity index (χ0n) is 7.06. The summed E-state index contributed by atoms with van der Waals surface area (Å²) in [4.78, 5) is 18.0. The maximum atomic E-state index is 10.6. The molecule has 0 aliphatic rings. The second kappa shape index (κ2) is 4.48. The number of carboxylic acid groups (broad SMARTS) is 1. The summed E-state index contributed by atoms with van der Waals surface area (Å²) < 4.78 is 0. The van der Waals surface area contributed by atoms with Crippen LogP contribution >= 0.6 is 12.6 Å². The summed E-state index contributed by atoms with van der Waals surface area (Å²) in [5.41, 5.74) is 5.29. The number of nitrogens with two attached hydrogens (primary N) is 1. The highest BCUT2D eigenvalue weighted by Crippen LogP contribution is 2.04. The number of anilines is 1. The Bertz CT molecular complexity index is 422. The average molecular weight is 209 g/mol. The fourth-order valence-electron chi connectivity index (χ4n) is 0.746. The number of nitrogen functional groups attached to an aromatic ring is 1. The Morgan fingerprint density at radius 1 is 1.71 bits per heavy atom. The summed E-state index contributed by atoms with van der Waals surface area (Å²) in [7, 11) is 0. The lowest BCUT2D eigenvalue weighted by Crippen LogP contribution is -2.08. The fourth-order valence-corrected chi connectivity index (χ4v) is 0.825. The molecule has 0 atom stereocenters. The van der Waals surface area contributed by atoms with Crippen LogP contribution in [0.4, 0.5) is 5.82 Å². The molecule has 0 unspecified atom stereocenters. The number of aromatic nitrogens is 2. The molecule has 0 amide bonds. The van der Waals surface area contributed by atoms with Crippen molar-refractivity contribution in [3.05, 3.63) is 17.6 Å². The van der Waals surface area contributed by atoms with Gasteiger partial charge < -0.3 is 10.8 Å². The van der Waals surface area contributed by atoms with Gasteiger partial charge in [-0.15, -0.1) is 0 Å². The van der Waals surface area contributed by atoms with Crippen LogP contribution in [-0.4, -0.2) is 26.8 Å². The predicted octanol–water partition coefficient (Wildman–Crippen LogP) is 0.0383. The number of hydrogen-bond donors (Lipinski definition) is 3. The van der Waals surface area contributed by atoms with E-state index < -0.39 is 5.97 Å². The summed E-state index contributed by atoms with van der Waals surface area (Å²) >= 11 is 3.87. The van der Waals surface area contributed by atoms with Gasteiger partial charge in [-0.25, -0.2) is 14.8 Å². The molecule has 0 radical (unpaired) electrons.